The lowest BCUT2D eigenvalue weighted by Gasteiger charge is -2.13. The lowest BCUT2D eigenvalue weighted by molar-refractivity contribution is 0.514. The van der Waals surface area contributed by atoms with Crippen molar-refractivity contribution in [1.29, 1.82) is 0 Å². The molecule has 0 bridgehead atoms. The van der Waals surface area contributed by atoms with Crippen LogP contribution >= 0.6 is 11.6 Å². The molecule has 0 saturated carbocycles. The molecule has 1 aromatic carbocycles. The first-order chi connectivity index (χ1) is 8.72. The minimum absolute atomic E-state index is 0.539. The Balaban J connectivity index is 2.10. The van der Waals surface area contributed by atoms with Gasteiger partial charge in [0.2, 0.25) is 0 Å². The number of hydrogen-bond acceptors (Lipinski definition) is 1. The Bertz CT molecular complexity index is 307. The van der Waals surface area contributed by atoms with Gasteiger partial charge >= 0.3 is 0 Å². The van der Waals surface area contributed by atoms with Gasteiger partial charge in [0.05, 0.1) is 0 Å². The fraction of sp³-hybridized carbons (Fsp3) is 0.625. The molecule has 1 rings (SSSR count). The normalized spacial score (nSPS) is 12.6. The van der Waals surface area contributed by atoms with Gasteiger partial charge in [-0.2, -0.15) is 0 Å². The maximum Gasteiger partial charge on any atom is 0.0406 e. The average molecular weight is 268 g/mol. The highest BCUT2D eigenvalue weighted by Crippen LogP contribution is 2.11. The van der Waals surface area contributed by atoms with Gasteiger partial charge in [-0.15, -0.1) is 0 Å². The number of hydrogen-bond donors (Lipinski definition) is 1. The van der Waals surface area contributed by atoms with Crippen LogP contribution < -0.4 is 5.32 Å². The van der Waals surface area contributed by atoms with Crippen molar-refractivity contribution in [2.45, 2.75) is 58.4 Å². The predicted molar refractivity (Wildman–Crippen MR) is 81.4 cm³/mol. The van der Waals surface area contributed by atoms with E-state index in [1.54, 1.807) is 0 Å². The van der Waals surface area contributed by atoms with Crippen molar-refractivity contribution < 1.29 is 0 Å². The summed E-state index contributed by atoms with van der Waals surface area (Å²) in [6, 6.07) is 8.70. The molecule has 1 unspecified atom stereocenters. The highest BCUT2D eigenvalue weighted by Gasteiger charge is 2.02. The number of rotatable bonds is 9. The molecule has 0 aliphatic carbocycles. The third kappa shape index (κ3) is 7.03. The average Bonchev–Trinajstić information content (AvgIpc) is 2.36. The summed E-state index contributed by atoms with van der Waals surface area (Å²) < 4.78 is 0. The molecule has 0 aliphatic heterocycles. The van der Waals surface area contributed by atoms with Gasteiger partial charge in [0.15, 0.2) is 0 Å². The van der Waals surface area contributed by atoms with Crippen LogP contribution in [0.5, 0.6) is 0 Å². The van der Waals surface area contributed by atoms with Crippen molar-refractivity contribution >= 4 is 11.6 Å². The van der Waals surface area contributed by atoms with E-state index in [1.807, 2.05) is 12.1 Å². The Morgan fingerprint density at radius 3 is 2.39 bits per heavy atom. The lowest BCUT2D eigenvalue weighted by atomic mass is 10.1. The van der Waals surface area contributed by atoms with Crippen LogP contribution in [0.3, 0.4) is 0 Å². The van der Waals surface area contributed by atoms with E-state index in [0.29, 0.717) is 6.04 Å². The summed E-state index contributed by atoms with van der Waals surface area (Å²) in [4.78, 5) is 0. The second-order valence-electron chi connectivity index (χ2n) is 5.10. The van der Waals surface area contributed by atoms with Crippen LogP contribution in [0.1, 0.15) is 51.5 Å². The standard InChI is InChI=1S/C16H26ClN/c1-3-4-5-6-7-12-18-14(2)13-15-8-10-16(17)11-9-15/h8-11,14,18H,3-7,12-13H2,1-2H3. The van der Waals surface area contributed by atoms with Gasteiger partial charge in [0.1, 0.15) is 0 Å². The Morgan fingerprint density at radius 1 is 1.06 bits per heavy atom. The number of benzene rings is 1. The summed E-state index contributed by atoms with van der Waals surface area (Å²) in [5.74, 6) is 0. The van der Waals surface area contributed by atoms with E-state index >= 15 is 0 Å². The lowest BCUT2D eigenvalue weighted by Crippen LogP contribution is -2.28. The molecule has 102 valence electrons. The third-order valence-electron chi connectivity index (χ3n) is 3.23. The number of halogens is 1. The zero-order valence-corrected chi connectivity index (χ0v) is 12.5. The molecule has 0 fully saturated rings. The van der Waals surface area contributed by atoms with E-state index in [0.717, 1.165) is 18.0 Å². The number of unbranched alkanes of at least 4 members (excludes halogenated alkanes) is 4. The SMILES string of the molecule is CCCCCCCNC(C)Cc1ccc(Cl)cc1. The molecule has 1 atom stereocenters. The second kappa shape index (κ2) is 9.41. The molecule has 18 heavy (non-hydrogen) atoms. The Labute approximate surface area is 117 Å². The summed E-state index contributed by atoms with van der Waals surface area (Å²) >= 11 is 5.88. The van der Waals surface area contributed by atoms with E-state index in [2.05, 4.69) is 31.3 Å². The van der Waals surface area contributed by atoms with Crippen molar-refractivity contribution in [2.24, 2.45) is 0 Å². The maximum absolute atomic E-state index is 5.88. The molecule has 2 heteroatoms. The van der Waals surface area contributed by atoms with Crippen LogP contribution in [0.4, 0.5) is 0 Å². The Hall–Kier alpha value is -0.530. The topological polar surface area (TPSA) is 12.0 Å². The molecule has 1 aromatic rings. The van der Waals surface area contributed by atoms with E-state index in [4.69, 9.17) is 11.6 Å². The van der Waals surface area contributed by atoms with Gasteiger partial charge in [-0.05, 0) is 44.0 Å². The van der Waals surface area contributed by atoms with Crippen molar-refractivity contribution in [2.75, 3.05) is 6.54 Å². The molecule has 0 heterocycles. The summed E-state index contributed by atoms with van der Waals surface area (Å²) in [5.41, 5.74) is 1.35. The molecular weight excluding hydrogens is 242 g/mol. The molecule has 1 nitrogen and oxygen atoms in total. The van der Waals surface area contributed by atoms with Crippen LogP contribution in [0.25, 0.3) is 0 Å². The van der Waals surface area contributed by atoms with Crippen LogP contribution in [0.15, 0.2) is 24.3 Å². The van der Waals surface area contributed by atoms with Crippen LogP contribution in [0.2, 0.25) is 5.02 Å². The van der Waals surface area contributed by atoms with Gasteiger partial charge in [-0.1, -0.05) is 56.3 Å². The highest BCUT2D eigenvalue weighted by molar-refractivity contribution is 6.30. The van der Waals surface area contributed by atoms with E-state index in [-0.39, 0.29) is 0 Å². The van der Waals surface area contributed by atoms with Gasteiger partial charge in [-0.3, -0.25) is 0 Å². The van der Waals surface area contributed by atoms with Gasteiger partial charge in [0, 0.05) is 11.1 Å². The minimum Gasteiger partial charge on any atom is -0.314 e. The molecule has 0 saturated heterocycles. The molecule has 0 spiro atoms. The second-order valence-corrected chi connectivity index (χ2v) is 5.54. The molecule has 0 aromatic heterocycles. The van der Waals surface area contributed by atoms with Crippen LogP contribution in [0, 0.1) is 0 Å². The zero-order valence-electron chi connectivity index (χ0n) is 11.7. The summed E-state index contributed by atoms with van der Waals surface area (Å²) in [6.45, 7) is 5.64. The fourth-order valence-corrected chi connectivity index (χ4v) is 2.25. The van der Waals surface area contributed by atoms with Crippen molar-refractivity contribution in [3.63, 3.8) is 0 Å². The first-order valence-electron chi connectivity index (χ1n) is 7.20. The van der Waals surface area contributed by atoms with E-state index in [9.17, 15) is 0 Å². The van der Waals surface area contributed by atoms with Gasteiger partial charge < -0.3 is 5.32 Å². The fourth-order valence-electron chi connectivity index (χ4n) is 2.12. The monoisotopic (exact) mass is 267 g/mol. The molecule has 0 amide bonds. The van der Waals surface area contributed by atoms with Crippen molar-refractivity contribution in [1.82, 2.24) is 5.32 Å². The van der Waals surface area contributed by atoms with Crippen LogP contribution in [-0.2, 0) is 6.42 Å². The first kappa shape index (κ1) is 15.5. The Morgan fingerprint density at radius 2 is 1.72 bits per heavy atom. The summed E-state index contributed by atoms with van der Waals surface area (Å²) in [7, 11) is 0. The zero-order chi connectivity index (χ0) is 13.2. The van der Waals surface area contributed by atoms with Crippen molar-refractivity contribution in [3.05, 3.63) is 34.9 Å². The highest BCUT2D eigenvalue weighted by atomic mass is 35.5. The van der Waals surface area contributed by atoms with Gasteiger partial charge in [-0.25, -0.2) is 0 Å². The Kier molecular flexibility index (Phi) is 8.11. The van der Waals surface area contributed by atoms with E-state index < -0.39 is 0 Å². The summed E-state index contributed by atoms with van der Waals surface area (Å²) in [5, 5.41) is 4.40. The summed E-state index contributed by atoms with van der Waals surface area (Å²) in [6.07, 6.45) is 7.80. The number of nitrogens with one attached hydrogen (secondary N) is 1. The smallest absolute Gasteiger partial charge is 0.0406 e. The van der Waals surface area contributed by atoms with Gasteiger partial charge in [0.25, 0.3) is 0 Å². The molecule has 0 radical (unpaired) electrons. The molecular formula is C16H26ClN. The van der Waals surface area contributed by atoms with E-state index in [1.165, 1.54) is 37.7 Å². The quantitative estimate of drug-likeness (QED) is 0.632. The molecule has 0 aliphatic rings. The minimum atomic E-state index is 0.539. The first-order valence-corrected chi connectivity index (χ1v) is 7.58. The third-order valence-corrected chi connectivity index (χ3v) is 3.48. The molecule has 1 N–H and O–H groups in total. The predicted octanol–water partition coefficient (Wildman–Crippen LogP) is 4.83. The van der Waals surface area contributed by atoms with Crippen molar-refractivity contribution in [3.8, 4) is 0 Å². The maximum atomic E-state index is 5.88. The largest absolute Gasteiger partial charge is 0.314 e. The van der Waals surface area contributed by atoms with Crippen LogP contribution in [-0.4, -0.2) is 12.6 Å².